The number of phenols is 1. The van der Waals surface area contributed by atoms with Gasteiger partial charge in [-0.2, -0.15) is 13.2 Å². The van der Waals surface area contributed by atoms with Gasteiger partial charge < -0.3 is 20.5 Å². The number of carbonyl (C=O) groups is 3. The van der Waals surface area contributed by atoms with E-state index in [1.807, 2.05) is 12.1 Å². The monoisotopic (exact) mass is 850 g/mol. The minimum Gasteiger partial charge on any atom is -0.506 e. The molecule has 0 fully saturated rings. The summed E-state index contributed by atoms with van der Waals surface area (Å²) in [6, 6.07) is 21.0. The summed E-state index contributed by atoms with van der Waals surface area (Å²) in [6.45, 7) is 14.3. The first-order valence-corrected chi connectivity index (χ1v) is 20.7. The van der Waals surface area contributed by atoms with Crippen LogP contribution in [0.15, 0.2) is 82.0 Å². The molecular formula is C43H49F3N6O5S2. The van der Waals surface area contributed by atoms with E-state index in [1.54, 1.807) is 23.6 Å². The second-order valence-corrected chi connectivity index (χ2v) is 18.8. The van der Waals surface area contributed by atoms with E-state index in [0.717, 1.165) is 25.0 Å². The molecule has 0 aliphatic rings. The molecule has 0 spiro atoms. The number of nitrogens with one attached hydrogen (secondary N) is 4. The van der Waals surface area contributed by atoms with E-state index in [0.29, 0.717) is 50.3 Å². The van der Waals surface area contributed by atoms with E-state index >= 15 is 0 Å². The number of hydrogen-bond acceptors (Lipinski definition) is 10. The van der Waals surface area contributed by atoms with E-state index in [4.69, 9.17) is 4.74 Å². The van der Waals surface area contributed by atoms with E-state index in [-0.39, 0.29) is 34.3 Å². The maximum atomic E-state index is 13.4. The summed E-state index contributed by atoms with van der Waals surface area (Å²) in [5, 5.41) is 26.8. The number of rotatable bonds is 16. The predicted octanol–water partition coefficient (Wildman–Crippen LogP) is 9.50. The summed E-state index contributed by atoms with van der Waals surface area (Å²) >= 11 is 2.45. The van der Waals surface area contributed by atoms with Crippen LogP contribution in [0.1, 0.15) is 80.9 Å². The zero-order chi connectivity index (χ0) is 43.0. The van der Waals surface area contributed by atoms with Crippen molar-refractivity contribution < 1.29 is 37.4 Å². The van der Waals surface area contributed by atoms with Gasteiger partial charge in [0.25, 0.3) is 5.91 Å². The lowest BCUT2D eigenvalue weighted by Crippen LogP contribution is -2.40. The van der Waals surface area contributed by atoms with Crippen molar-refractivity contribution >= 4 is 63.0 Å². The third kappa shape index (κ3) is 13.6. The molecule has 0 saturated carbocycles. The number of hydrazine groups is 1. The summed E-state index contributed by atoms with van der Waals surface area (Å²) < 4.78 is 44.0. The van der Waals surface area contributed by atoms with Crippen LogP contribution in [0.5, 0.6) is 11.5 Å². The standard InChI is InChI=1S/C43H49F3N6O5S2/c1-41(2,3)24-26-13-18-33(27(21-26)25-42(4,5)6)57-20-10-9-19-47-38(55)32-22-34(30-11-7-8-12-31(30)37(32)54)58-40-52-50-36(59-40)23-35(53)48-28-14-16-29(17-15-28)49-51-39(56)43(44,45)46/h7-8,11-18,21-22,49,54H,9-10,19-20,23-25H2,1-6H3,(H,47,55)(H,48,53)(H,51,56). The topological polar surface area (TPSA) is 155 Å². The Morgan fingerprint density at radius 2 is 1.51 bits per heavy atom. The number of fused-ring (bicyclic) bond motifs is 1. The zero-order valence-corrected chi connectivity index (χ0v) is 35.4. The molecule has 4 aromatic carbocycles. The van der Waals surface area contributed by atoms with Gasteiger partial charge in [-0.05, 0) is 89.4 Å². The minimum absolute atomic E-state index is 0.100. The second kappa shape index (κ2) is 19.1. The average molecular weight is 851 g/mol. The summed E-state index contributed by atoms with van der Waals surface area (Å²) in [5.41, 5.74) is 7.16. The highest BCUT2D eigenvalue weighted by molar-refractivity contribution is 8.01. The quantitative estimate of drug-likeness (QED) is 0.0483. The summed E-state index contributed by atoms with van der Waals surface area (Å²) in [5.74, 6) is -2.20. The van der Waals surface area contributed by atoms with Crippen LogP contribution in [0.4, 0.5) is 24.5 Å². The van der Waals surface area contributed by atoms with Crippen molar-refractivity contribution in [3.05, 3.63) is 94.5 Å². The number of unbranched alkanes of at least 4 members (excludes halogenated alkanes) is 1. The highest BCUT2D eigenvalue weighted by Crippen LogP contribution is 2.40. The van der Waals surface area contributed by atoms with Gasteiger partial charge in [0.05, 0.1) is 24.3 Å². The number of alkyl halides is 3. The van der Waals surface area contributed by atoms with Gasteiger partial charge in [-0.25, -0.2) is 0 Å². The molecule has 59 heavy (non-hydrogen) atoms. The minimum atomic E-state index is -5.03. The number of anilines is 2. The Morgan fingerprint density at radius 3 is 2.19 bits per heavy atom. The van der Waals surface area contributed by atoms with Gasteiger partial charge >= 0.3 is 12.1 Å². The maximum absolute atomic E-state index is 13.4. The second-order valence-electron chi connectivity index (χ2n) is 16.5. The Morgan fingerprint density at radius 1 is 0.831 bits per heavy atom. The molecule has 314 valence electrons. The molecule has 5 N–H and O–H groups in total. The first-order chi connectivity index (χ1) is 27.7. The fourth-order valence-electron chi connectivity index (χ4n) is 6.12. The number of aromatic hydroxyl groups is 1. The lowest BCUT2D eigenvalue weighted by atomic mass is 9.84. The number of amides is 3. The zero-order valence-electron chi connectivity index (χ0n) is 33.8. The van der Waals surface area contributed by atoms with Crippen LogP contribution in [0.25, 0.3) is 10.8 Å². The number of carbonyl (C=O) groups excluding carboxylic acids is 3. The number of nitrogens with zero attached hydrogens (tertiary/aromatic N) is 2. The molecular weight excluding hydrogens is 802 g/mol. The van der Waals surface area contributed by atoms with Crippen LogP contribution in [-0.4, -0.2) is 52.4 Å². The largest absolute Gasteiger partial charge is 0.506 e. The molecule has 11 nitrogen and oxygen atoms in total. The smallest absolute Gasteiger partial charge is 0.472 e. The number of hydrogen-bond donors (Lipinski definition) is 5. The lowest BCUT2D eigenvalue weighted by molar-refractivity contribution is -0.173. The Kier molecular flexibility index (Phi) is 14.5. The van der Waals surface area contributed by atoms with Gasteiger partial charge in [0.1, 0.15) is 16.5 Å². The normalized spacial score (nSPS) is 11.9. The van der Waals surface area contributed by atoms with Crippen LogP contribution in [-0.2, 0) is 28.9 Å². The molecule has 0 aliphatic carbocycles. The molecule has 3 amide bonds. The third-order valence-corrected chi connectivity index (χ3v) is 10.7. The maximum Gasteiger partial charge on any atom is 0.472 e. The van der Waals surface area contributed by atoms with Crippen molar-refractivity contribution in [1.82, 2.24) is 20.9 Å². The van der Waals surface area contributed by atoms with Crippen molar-refractivity contribution in [3.8, 4) is 11.5 Å². The van der Waals surface area contributed by atoms with Gasteiger partial charge in [0.2, 0.25) is 5.91 Å². The molecule has 0 saturated heterocycles. The van der Waals surface area contributed by atoms with Gasteiger partial charge in [-0.1, -0.05) is 101 Å². The van der Waals surface area contributed by atoms with Crippen molar-refractivity contribution in [1.29, 1.82) is 0 Å². The highest BCUT2D eigenvalue weighted by atomic mass is 32.2. The van der Waals surface area contributed by atoms with Crippen molar-refractivity contribution in [2.24, 2.45) is 10.8 Å². The molecule has 5 rings (SSSR count). The SMILES string of the molecule is CC(C)(C)Cc1ccc(OCCCCNC(=O)c2cc(Sc3nnc(CC(=O)Nc4ccc(NNC(=O)C(F)(F)F)cc4)s3)c3ccccc3c2O)c(CC(C)(C)C)c1. The molecule has 0 aliphatic heterocycles. The van der Waals surface area contributed by atoms with E-state index in [2.05, 4.69) is 86.0 Å². The average Bonchev–Trinajstić information content (AvgIpc) is 3.58. The van der Waals surface area contributed by atoms with Crippen LogP contribution in [0.3, 0.4) is 0 Å². The number of ether oxygens (including phenoxy) is 1. The molecule has 1 aromatic heterocycles. The van der Waals surface area contributed by atoms with Gasteiger partial charge in [0.15, 0.2) is 4.34 Å². The van der Waals surface area contributed by atoms with Crippen LogP contribution in [0.2, 0.25) is 0 Å². The van der Waals surface area contributed by atoms with Gasteiger partial charge in [-0.3, -0.25) is 25.2 Å². The van der Waals surface area contributed by atoms with Crippen LogP contribution < -0.4 is 26.2 Å². The van der Waals surface area contributed by atoms with Crippen LogP contribution in [0, 0.1) is 10.8 Å². The molecule has 0 unspecified atom stereocenters. The first-order valence-electron chi connectivity index (χ1n) is 19.0. The Bertz CT molecular complexity index is 2270. The molecule has 5 aromatic rings. The first kappa shape index (κ1) is 44.7. The van der Waals surface area contributed by atoms with E-state index in [1.165, 1.54) is 58.5 Å². The summed E-state index contributed by atoms with van der Waals surface area (Å²) in [4.78, 5) is 37.8. The number of benzene rings is 4. The van der Waals surface area contributed by atoms with Gasteiger partial charge in [0, 0.05) is 22.5 Å². The summed E-state index contributed by atoms with van der Waals surface area (Å²) in [6.07, 6.45) is -1.86. The third-order valence-electron chi connectivity index (χ3n) is 8.62. The van der Waals surface area contributed by atoms with E-state index in [9.17, 15) is 32.7 Å². The van der Waals surface area contributed by atoms with Crippen molar-refractivity contribution in [2.45, 2.75) is 89.1 Å². The number of aromatic nitrogens is 2. The summed E-state index contributed by atoms with van der Waals surface area (Å²) in [7, 11) is 0. The highest BCUT2D eigenvalue weighted by Gasteiger charge is 2.38. The molecule has 1 heterocycles. The number of phenolic OH excluding ortho intramolecular Hbond substituents is 1. The van der Waals surface area contributed by atoms with Crippen LogP contribution >= 0.6 is 23.1 Å². The molecule has 0 atom stereocenters. The van der Waals surface area contributed by atoms with Crippen molar-refractivity contribution in [2.75, 3.05) is 23.9 Å². The lowest BCUT2D eigenvalue weighted by Gasteiger charge is -2.23. The molecule has 16 heteroatoms. The Labute approximate surface area is 349 Å². The number of halogens is 3. The van der Waals surface area contributed by atoms with Crippen molar-refractivity contribution in [3.63, 3.8) is 0 Å². The Balaban J connectivity index is 1.15. The molecule has 0 radical (unpaired) electrons. The fraction of sp³-hybridized carbons (Fsp3) is 0.372. The Hall–Kier alpha value is -5.35. The fourth-order valence-corrected chi connectivity index (χ4v) is 8.15. The van der Waals surface area contributed by atoms with Gasteiger partial charge in [-0.15, -0.1) is 10.2 Å². The predicted molar refractivity (Wildman–Crippen MR) is 226 cm³/mol. The molecule has 0 bridgehead atoms. The van der Waals surface area contributed by atoms with E-state index < -0.39 is 23.9 Å².